The lowest BCUT2D eigenvalue weighted by atomic mass is 9.93. The molecule has 0 bridgehead atoms. The van der Waals surface area contributed by atoms with E-state index >= 15 is 0 Å². The highest BCUT2D eigenvalue weighted by Crippen LogP contribution is 2.25. The summed E-state index contributed by atoms with van der Waals surface area (Å²) in [4.78, 5) is 38.2. The smallest absolute Gasteiger partial charge is 0.326 e. The van der Waals surface area contributed by atoms with Gasteiger partial charge in [-0.2, -0.15) is 5.10 Å². The van der Waals surface area contributed by atoms with Crippen molar-refractivity contribution in [3.63, 3.8) is 0 Å². The van der Waals surface area contributed by atoms with Crippen molar-refractivity contribution >= 4 is 17.8 Å². The molecule has 0 radical (unpaired) electrons. The second-order valence-corrected chi connectivity index (χ2v) is 6.79. The summed E-state index contributed by atoms with van der Waals surface area (Å²) in [6.07, 6.45) is 0.208. The number of nitrogens with zero attached hydrogens (tertiary/aromatic N) is 3. The molecule has 2 heterocycles. The standard InChI is InChI=1S/C21H18N4O4/c22-19(26)17-11-16(23-25(17)15-8-2-1-3-9-15)20(27)24-12-14-7-5-4-6-13(14)10-18(24)21(28)29/h1-9,11,18H,10,12H2,(H2,22,26)(H,28,29). The summed E-state index contributed by atoms with van der Waals surface area (Å²) in [5.74, 6) is -2.39. The number of rotatable bonds is 4. The van der Waals surface area contributed by atoms with E-state index in [1.807, 2.05) is 30.3 Å². The molecule has 146 valence electrons. The summed E-state index contributed by atoms with van der Waals surface area (Å²) in [6, 6.07) is 16.5. The van der Waals surface area contributed by atoms with Gasteiger partial charge in [-0.15, -0.1) is 0 Å². The summed E-state index contributed by atoms with van der Waals surface area (Å²) in [6.45, 7) is 0.149. The van der Waals surface area contributed by atoms with Crippen molar-refractivity contribution in [2.45, 2.75) is 19.0 Å². The molecule has 0 saturated carbocycles. The van der Waals surface area contributed by atoms with Crippen LogP contribution in [0.4, 0.5) is 0 Å². The van der Waals surface area contributed by atoms with E-state index in [0.29, 0.717) is 5.69 Å². The number of amides is 2. The van der Waals surface area contributed by atoms with Crippen LogP contribution in [0.25, 0.3) is 5.69 Å². The van der Waals surface area contributed by atoms with Crippen LogP contribution in [-0.2, 0) is 17.8 Å². The van der Waals surface area contributed by atoms with Crippen molar-refractivity contribution in [2.24, 2.45) is 5.73 Å². The molecule has 0 saturated heterocycles. The fraction of sp³-hybridized carbons (Fsp3) is 0.143. The topological polar surface area (TPSA) is 119 Å². The lowest BCUT2D eigenvalue weighted by Gasteiger charge is -2.34. The fourth-order valence-corrected chi connectivity index (χ4v) is 3.53. The number of hydrogen-bond donors (Lipinski definition) is 2. The molecule has 3 aromatic rings. The number of carboxylic acid groups (broad SMARTS) is 1. The molecule has 1 unspecified atom stereocenters. The van der Waals surface area contributed by atoms with Crippen molar-refractivity contribution in [1.82, 2.24) is 14.7 Å². The lowest BCUT2D eigenvalue weighted by molar-refractivity contribution is -0.142. The Labute approximate surface area is 166 Å². The minimum Gasteiger partial charge on any atom is -0.480 e. The number of primary amides is 1. The van der Waals surface area contributed by atoms with Gasteiger partial charge in [0.2, 0.25) is 0 Å². The maximum atomic E-state index is 13.2. The molecule has 1 aromatic heterocycles. The highest BCUT2D eigenvalue weighted by molar-refractivity contribution is 5.99. The highest BCUT2D eigenvalue weighted by Gasteiger charge is 2.36. The van der Waals surface area contributed by atoms with E-state index < -0.39 is 23.8 Å². The van der Waals surface area contributed by atoms with Crippen LogP contribution in [-0.4, -0.2) is 43.6 Å². The SMILES string of the molecule is NC(=O)c1cc(C(=O)N2Cc3ccccc3CC2C(=O)O)nn1-c1ccccc1. The van der Waals surface area contributed by atoms with Crippen molar-refractivity contribution in [3.8, 4) is 5.69 Å². The third-order valence-corrected chi connectivity index (χ3v) is 4.98. The molecule has 0 spiro atoms. The maximum Gasteiger partial charge on any atom is 0.326 e. The molecule has 1 atom stereocenters. The molecule has 3 N–H and O–H groups in total. The molecular weight excluding hydrogens is 372 g/mol. The van der Waals surface area contributed by atoms with Crippen LogP contribution < -0.4 is 5.73 Å². The van der Waals surface area contributed by atoms with Crippen LogP contribution in [0.2, 0.25) is 0 Å². The van der Waals surface area contributed by atoms with Crippen molar-refractivity contribution in [1.29, 1.82) is 0 Å². The molecule has 2 aromatic carbocycles. The van der Waals surface area contributed by atoms with Crippen molar-refractivity contribution < 1.29 is 19.5 Å². The average molecular weight is 390 g/mol. The normalized spacial score (nSPS) is 15.6. The van der Waals surface area contributed by atoms with Crippen LogP contribution in [0.1, 0.15) is 32.1 Å². The number of nitrogens with two attached hydrogens (primary N) is 1. The Bertz CT molecular complexity index is 1110. The van der Waals surface area contributed by atoms with E-state index in [4.69, 9.17) is 5.73 Å². The van der Waals surface area contributed by atoms with Gasteiger partial charge in [0.15, 0.2) is 5.69 Å². The first-order valence-corrected chi connectivity index (χ1v) is 9.01. The van der Waals surface area contributed by atoms with Crippen LogP contribution >= 0.6 is 0 Å². The van der Waals surface area contributed by atoms with Gasteiger partial charge in [-0.3, -0.25) is 9.59 Å². The molecular formula is C21H18N4O4. The van der Waals surface area contributed by atoms with Gasteiger partial charge in [0.1, 0.15) is 11.7 Å². The number of benzene rings is 2. The zero-order valence-electron chi connectivity index (χ0n) is 15.4. The first kappa shape index (κ1) is 18.4. The molecule has 8 nitrogen and oxygen atoms in total. The van der Waals surface area contributed by atoms with Gasteiger partial charge in [0, 0.05) is 19.0 Å². The van der Waals surface area contributed by atoms with Crippen LogP contribution in [0, 0.1) is 0 Å². The predicted molar refractivity (Wildman–Crippen MR) is 104 cm³/mol. The van der Waals surface area contributed by atoms with Gasteiger partial charge in [0.25, 0.3) is 11.8 Å². The summed E-state index contributed by atoms with van der Waals surface area (Å²) in [5.41, 5.74) is 7.83. The van der Waals surface area contributed by atoms with Gasteiger partial charge in [-0.1, -0.05) is 42.5 Å². The van der Waals surface area contributed by atoms with Crippen LogP contribution in [0.3, 0.4) is 0 Å². The Hall–Kier alpha value is -3.94. The second kappa shape index (κ2) is 7.23. The summed E-state index contributed by atoms with van der Waals surface area (Å²) in [5, 5.41) is 13.9. The van der Waals surface area contributed by atoms with Crippen LogP contribution in [0.15, 0.2) is 60.7 Å². The Balaban J connectivity index is 1.74. The largest absolute Gasteiger partial charge is 0.480 e. The Morgan fingerprint density at radius 2 is 1.66 bits per heavy atom. The average Bonchev–Trinajstić information content (AvgIpc) is 3.18. The minimum atomic E-state index is -1.09. The Kier molecular flexibility index (Phi) is 4.59. The predicted octanol–water partition coefficient (Wildman–Crippen LogP) is 1.62. The lowest BCUT2D eigenvalue weighted by Crippen LogP contribution is -2.48. The van der Waals surface area contributed by atoms with E-state index in [1.165, 1.54) is 15.6 Å². The number of carbonyl (C=O) groups excluding carboxylic acids is 2. The second-order valence-electron chi connectivity index (χ2n) is 6.79. The number of carboxylic acids is 1. The molecule has 4 rings (SSSR count). The number of aliphatic carboxylic acids is 1. The van der Waals surface area contributed by atoms with E-state index in [1.54, 1.807) is 24.3 Å². The number of fused-ring (bicyclic) bond motifs is 1. The summed E-state index contributed by atoms with van der Waals surface area (Å²) < 4.78 is 1.29. The number of carbonyl (C=O) groups is 3. The van der Waals surface area contributed by atoms with Crippen molar-refractivity contribution in [3.05, 3.63) is 83.2 Å². The Morgan fingerprint density at radius 3 is 2.31 bits per heavy atom. The maximum absolute atomic E-state index is 13.2. The van der Waals surface area contributed by atoms with E-state index in [9.17, 15) is 19.5 Å². The van der Waals surface area contributed by atoms with Gasteiger partial charge in [0.05, 0.1) is 5.69 Å². The zero-order chi connectivity index (χ0) is 20.5. The molecule has 1 aliphatic rings. The third kappa shape index (κ3) is 3.36. The zero-order valence-corrected chi connectivity index (χ0v) is 15.4. The minimum absolute atomic E-state index is 0.0340. The fourth-order valence-electron chi connectivity index (χ4n) is 3.53. The number of aromatic nitrogens is 2. The summed E-state index contributed by atoms with van der Waals surface area (Å²) >= 11 is 0. The molecule has 8 heteroatoms. The monoisotopic (exact) mass is 390 g/mol. The Morgan fingerprint density at radius 1 is 1.00 bits per heavy atom. The number of para-hydroxylation sites is 1. The molecule has 1 aliphatic heterocycles. The molecule has 2 amide bonds. The molecule has 0 fully saturated rings. The van der Waals surface area contributed by atoms with E-state index in [-0.39, 0.29) is 24.4 Å². The van der Waals surface area contributed by atoms with Crippen LogP contribution in [0.5, 0.6) is 0 Å². The first-order chi connectivity index (χ1) is 14.0. The van der Waals surface area contributed by atoms with Gasteiger partial charge in [-0.25, -0.2) is 9.48 Å². The van der Waals surface area contributed by atoms with E-state index in [0.717, 1.165) is 11.1 Å². The van der Waals surface area contributed by atoms with Gasteiger partial charge < -0.3 is 15.7 Å². The van der Waals surface area contributed by atoms with E-state index in [2.05, 4.69) is 5.10 Å². The molecule has 29 heavy (non-hydrogen) atoms. The van der Waals surface area contributed by atoms with Gasteiger partial charge >= 0.3 is 5.97 Å². The highest BCUT2D eigenvalue weighted by atomic mass is 16.4. The molecule has 0 aliphatic carbocycles. The number of hydrogen-bond acceptors (Lipinski definition) is 4. The quantitative estimate of drug-likeness (QED) is 0.702. The summed E-state index contributed by atoms with van der Waals surface area (Å²) in [7, 11) is 0. The van der Waals surface area contributed by atoms with Crippen molar-refractivity contribution in [2.75, 3.05) is 0 Å². The third-order valence-electron chi connectivity index (χ3n) is 4.98. The van der Waals surface area contributed by atoms with Gasteiger partial charge in [-0.05, 0) is 23.3 Å². The first-order valence-electron chi connectivity index (χ1n) is 9.01.